The second-order valence-corrected chi connectivity index (χ2v) is 7.58. The molecule has 2 aliphatic rings. The number of hydrogen-bond donors (Lipinski definition) is 0. The molecule has 2 heterocycles. The van der Waals surface area contributed by atoms with Gasteiger partial charge in [-0.25, -0.2) is 0 Å². The average molecular weight is 206 g/mol. The molecule has 0 aromatic carbocycles. The predicted molar refractivity (Wildman–Crippen MR) is 50.5 cm³/mol. The minimum absolute atomic E-state index is 0.834. The molecule has 0 bridgehead atoms. The van der Waals surface area contributed by atoms with Gasteiger partial charge in [0, 0.05) is 0 Å². The minimum atomic E-state index is -0.834. The second-order valence-electron chi connectivity index (χ2n) is 2.91. The zero-order chi connectivity index (χ0) is 7.84. The Morgan fingerprint density at radius 2 is 2.00 bits per heavy atom. The Morgan fingerprint density at radius 1 is 1.18 bits per heavy atom. The standard InChI is InChI=1S/C10H11As/c1-8-7-10-5-3-4-6-11(10)9(8)2/h3-7H,1-2H3. The molecule has 0 N–H and O–H groups in total. The first-order chi connectivity index (χ1) is 5.29. The summed E-state index contributed by atoms with van der Waals surface area (Å²) >= 11 is -0.834. The third-order valence-electron chi connectivity index (χ3n) is 2.19. The molecule has 0 aliphatic carbocycles. The van der Waals surface area contributed by atoms with Crippen LogP contribution >= 0.6 is 0 Å². The van der Waals surface area contributed by atoms with Crippen LogP contribution < -0.4 is 0 Å². The summed E-state index contributed by atoms with van der Waals surface area (Å²) in [5, 5.41) is 0. The summed E-state index contributed by atoms with van der Waals surface area (Å²) in [6.45, 7) is 4.50. The molecule has 1 heteroatoms. The average Bonchev–Trinajstić information content (AvgIpc) is 2.30. The Labute approximate surface area is 72.3 Å². The molecule has 0 amide bonds. The molecule has 2 aliphatic heterocycles. The van der Waals surface area contributed by atoms with E-state index in [0.29, 0.717) is 0 Å². The van der Waals surface area contributed by atoms with Gasteiger partial charge in [0.25, 0.3) is 0 Å². The van der Waals surface area contributed by atoms with Crippen molar-refractivity contribution < 1.29 is 0 Å². The first kappa shape index (κ1) is 7.18. The molecule has 1 unspecified atom stereocenters. The van der Waals surface area contributed by atoms with Crippen LogP contribution in [0.3, 0.4) is 0 Å². The van der Waals surface area contributed by atoms with Gasteiger partial charge < -0.3 is 0 Å². The van der Waals surface area contributed by atoms with E-state index >= 15 is 0 Å². The fourth-order valence-corrected chi connectivity index (χ4v) is 5.76. The van der Waals surface area contributed by atoms with Crippen molar-refractivity contribution in [2.24, 2.45) is 0 Å². The molecule has 0 fully saturated rings. The van der Waals surface area contributed by atoms with Crippen LogP contribution in [0, 0.1) is 0 Å². The van der Waals surface area contributed by atoms with Crippen molar-refractivity contribution in [3.8, 4) is 0 Å². The molecule has 2 rings (SSSR count). The number of fused-ring (bicyclic) bond motifs is 1. The summed E-state index contributed by atoms with van der Waals surface area (Å²) < 4.78 is 3.24. The normalized spacial score (nSPS) is 27.5. The third-order valence-corrected chi connectivity index (χ3v) is 7.18. The van der Waals surface area contributed by atoms with Crippen molar-refractivity contribution in [2.75, 3.05) is 0 Å². The van der Waals surface area contributed by atoms with Gasteiger partial charge in [0.05, 0.1) is 0 Å². The van der Waals surface area contributed by atoms with Gasteiger partial charge in [-0.3, -0.25) is 0 Å². The van der Waals surface area contributed by atoms with Crippen molar-refractivity contribution in [1.82, 2.24) is 0 Å². The fourth-order valence-electron chi connectivity index (χ4n) is 1.40. The van der Waals surface area contributed by atoms with Gasteiger partial charge in [-0.15, -0.1) is 0 Å². The zero-order valence-corrected chi connectivity index (χ0v) is 8.71. The Kier molecular flexibility index (Phi) is 1.65. The van der Waals surface area contributed by atoms with E-state index < -0.39 is 14.7 Å². The summed E-state index contributed by atoms with van der Waals surface area (Å²) in [5.74, 6) is 0. The Hall–Kier alpha value is -0.482. The van der Waals surface area contributed by atoms with Crippen LogP contribution in [-0.4, -0.2) is 14.7 Å². The van der Waals surface area contributed by atoms with E-state index in [-0.39, 0.29) is 0 Å². The van der Waals surface area contributed by atoms with Crippen LogP contribution in [0.25, 0.3) is 0 Å². The van der Waals surface area contributed by atoms with Crippen LogP contribution in [0.4, 0.5) is 0 Å². The maximum absolute atomic E-state index is 2.41. The van der Waals surface area contributed by atoms with E-state index in [1.807, 2.05) is 0 Å². The second kappa shape index (κ2) is 2.53. The first-order valence-electron chi connectivity index (χ1n) is 3.82. The summed E-state index contributed by atoms with van der Waals surface area (Å²) in [4.78, 5) is 2.41. The summed E-state index contributed by atoms with van der Waals surface area (Å²) in [7, 11) is 0. The van der Waals surface area contributed by atoms with Gasteiger partial charge in [-0.1, -0.05) is 0 Å². The topological polar surface area (TPSA) is 0 Å². The van der Waals surface area contributed by atoms with Crippen molar-refractivity contribution >= 4 is 14.7 Å². The molecular formula is C10H11As. The predicted octanol–water partition coefficient (Wildman–Crippen LogP) is 2.50. The fraction of sp³-hybridized carbons (Fsp3) is 0.200. The van der Waals surface area contributed by atoms with Crippen LogP contribution in [0.5, 0.6) is 0 Å². The Bertz CT molecular complexity index is 303. The van der Waals surface area contributed by atoms with E-state index in [9.17, 15) is 0 Å². The molecule has 0 aromatic heterocycles. The molecule has 0 aromatic rings. The van der Waals surface area contributed by atoms with E-state index in [2.05, 4.69) is 43.0 Å². The molecular weight excluding hydrogens is 195 g/mol. The summed E-state index contributed by atoms with van der Waals surface area (Å²) in [5.41, 5.74) is 1.50. The van der Waals surface area contributed by atoms with Crippen LogP contribution in [0.1, 0.15) is 13.8 Å². The van der Waals surface area contributed by atoms with Gasteiger partial charge in [0.1, 0.15) is 0 Å². The van der Waals surface area contributed by atoms with Gasteiger partial charge in [-0.05, 0) is 0 Å². The van der Waals surface area contributed by atoms with Crippen molar-refractivity contribution in [1.29, 1.82) is 0 Å². The Balaban J connectivity index is 2.44. The number of hydrogen-bond acceptors (Lipinski definition) is 0. The first-order valence-corrected chi connectivity index (χ1v) is 6.78. The van der Waals surface area contributed by atoms with Gasteiger partial charge in [-0.2, -0.15) is 0 Å². The van der Waals surface area contributed by atoms with Gasteiger partial charge >= 0.3 is 72.0 Å². The number of allylic oxidation sites excluding steroid dienone is 7. The van der Waals surface area contributed by atoms with E-state index in [1.165, 1.54) is 5.57 Å². The quantitative estimate of drug-likeness (QED) is 0.534. The zero-order valence-electron chi connectivity index (χ0n) is 6.83. The third kappa shape index (κ3) is 1.06. The molecule has 56 valence electrons. The molecule has 1 atom stereocenters. The monoisotopic (exact) mass is 206 g/mol. The van der Waals surface area contributed by atoms with E-state index in [1.54, 1.807) is 8.72 Å². The van der Waals surface area contributed by atoms with E-state index in [4.69, 9.17) is 0 Å². The van der Waals surface area contributed by atoms with Gasteiger partial charge in [0.2, 0.25) is 0 Å². The van der Waals surface area contributed by atoms with Crippen molar-refractivity contribution in [3.63, 3.8) is 0 Å². The molecule has 0 saturated heterocycles. The van der Waals surface area contributed by atoms with Gasteiger partial charge in [0.15, 0.2) is 0 Å². The SMILES string of the molecule is CC1=C(C)[As]2C=CC=CC2=C1. The van der Waals surface area contributed by atoms with Crippen molar-refractivity contribution in [2.45, 2.75) is 13.8 Å². The van der Waals surface area contributed by atoms with E-state index in [0.717, 1.165) is 0 Å². The summed E-state index contributed by atoms with van der Waals surface area (Å²) in [6.07, 6.45) is 8.94. The number of rotatable bonds is 0. The van der Waals surface area contributed by atoms with Crippen LogP contribution in [-0.2, 0) is 0 Å². The summed E-state index contributed by atoms with van der Waals surface area (Å²) in [6, 6.07) is 0. The van der Waals surface area contributed by atoms with Crippen LogP contribution in [0.2, 0.25) is 0 Å². The Morgan fingerprint density at radius 3 is 2.73 bits per heavy atom. The van der Waals surface area contributed by atoms with Crippen LogP contribution in [0.15, 0.2) is 43.5 Å². The maximum atomic E-state index is 2.41. The van der Waals surface area contributed by atoms with Crippen molar-refractivity contribution in [3.05, 3.63) is 43.5 Å². The molecule has 11 heavy (non-hydrogen) atoms. The molecule has 0 nitrogen and oxygen atoms in total. The molecule has 0 radical (unpaired) electrons. The molecule has 0 saturated carbocycles. The molecule has 0 spiro atoms.